The minimum absolute atomic E-state index is 0.0511. The van der Waals surface area contributed by atoms with Crippen molar-refractivity contribution >= 4 is 5.91 Å². The summed E-state index contributed by atoms with van der Waals surface area (Å²) in [6.45, 7) is 3.19. The Balaban J connectivity index is 1.50. The number of carbonyl (C=O) groups is 1. The molecule has 4 atom stereocenters. The van der Waals surface area contributed by atoms with E-state index >= 15 is 0 Å². The molecule has 3 aliphatic rings. The van der Waals surface area contributed by atoms with Crippen molar-refractivity contribution in [3.8, 4) is 0 Å². The topological polar surface area (TPSA) is 53.2 Å². The fourth-order valence-corrected chi connectivity index (χ4v) is 3.87. The Bertz CT molecular complexity index is 337. The van der Waals surface area contributed by atoms with Crippen LogP contribution in [0.1, 0.15) is 58.3 Å². The third-order valence-corrected chi connectivity index (χ3v) is 5.22. The van der Waals surface area contributed by atoms with Crippen molar-refractivity contribution in [3.63, 3.8) is 0 Å². The van der Waals surface area contributed by atoms with Gasteiger partial charge in [0.05, 0.1) is 6.04 Å². The molecule has 0 radical (unpaired) electrons. The van der Waals surface area contributed by atoms with Crippen molar-refractivity contribution in [2.24, 2.45) is 5.92 Å². The van der Waals surface area contributed by atoms with Crippen LogP contribution < -0.4 is 16.0 Å². The van der Waals surface area contributed by atoms with Crippen LogP contribution in [-0.4, -0.2) is 36.6 Å². The van der Waals surface area contributed by atoms with Gasteiger partial charge in [-0.05, 0) is 57.9 Å². The summed E-state index contributed by atoms with van der Waals surface area (Å²) in [5.74, 6) is 0.904. The van der Waals surface area contributed by atoms with Crippen LogP contribution in [0.15, 0.2) is 0 Å². The van der Waals surface area contributed by atoms with E-state index in [4.69, 9.17) is 0 Å². The van der Waals surface area contributed by atoms with Crippen LogP contribution in [0.4, 0.5) is 0 Å². The molecule has 3 N–H and O–H groups in total. The zero-order valence-electron chi connectivity index (χ0n) is 12.7. The highest BCUT2D eigenvalue weighted by Gasteiger charge is 2.36. The summed E-state index contributed by atoms with van der Waals surface area (Å²) in [5, 5.41) is 10.4. The predicted molar refractivity (Wildman–Crippen MR) is 80.5 cm³/mol. The molecule has 0 bridgehead atoms. The highest BCUT2D eigenvalue weighted by Crippen LogP contribution is 2.32. The molecule has 2 saturated carbocycles. The van der Waals surface area contributed by atoms with Crippen LogP contribution in [-0.2, 0) is 4.79 Å². The fourth-order valence-electron chi connectivity index (χ4n) is 3.87. The summed E-state index contributed by atoms with van der Waals surface area (Å²) < 4.78 is 0. The Morgan fingerprint density at radius 1 is 1.10 bits per heavy atom. The van der Waals surface area contributed by atoms with E-state index < -0.39 is 0 Å². The molecule has 20 heavy (non-hydrogen) atoms. The van der Waals surface area contributed by atoms with E-state index in [1.54, 1.807) is 0 Å². The van der Waals surface area contributed by atoms with E-state index in [2.05, 4.69) is 16.0 Å². The largest absolute Gasteiger partial charge is 0.352 e. The van der Waals surface area contributed by atoms with Gasteiger partial charge in [0.2, 0.25) is 5.91 Å². The van der Waals surface area contributed by atoms with Gasteiger partial charge in [0.1, 0.15) is 0 Å². The molecule has 4 heteroatoms. The van der Waals surface area contributed by atoms with Gasteiger partial charge in [-0.1, -0.05) is 12.8 Å². The maximum atomic E-state index is 12.1. The van der Waals surface area contributed by atoms with Gasteiger partial charge in [0, 0.05) is 18.1 Å². The Morgan fingerprint density at radius 3 is 2.65 bits per heavy atom. The van der Waals surface area contributed by atoms with Crippen LogP contribution in [0.2, 0.25) is 0 Å². The van der Waals surface area contributed by atoms with E-state index in [1.165, 1.54) is 45.1 Å². The highest BCUT2D eigenvalue weighted by molar-refractivity contribution is 5.81. The SMILES string of the molecule is CC(NC1CCCC1C1CCCCN1)C(=O)NC1CC1. The van der Waals surface area contributed by atoms with Gasteiger partial charge in [-0.15, -0.1) is 0 Å². The first-order chi connectivity index (χ1) is 9.74. The normalized spacial score (nSPS) is 35.8. The average Bonchev–Trinajstić information content (AvgIpc) is 3.16. The Hall–Kier alpha value is -0.610. The van der Waals surface area contributed by atoms with Crippen molar-refractivity contribution in [2.75, 3.05) is 6.54 Å². The number of hydrogen-bond acceptors (Lipinski definition) is 3. The molecule has 1 saturated heterocycles. The predicted octanol–water partition coefficient (Wildman–Crippen LogP) is 1.55. The summed E-state index contributed by atoms with van der Waals surface area (Å²) in [7, 11) is 0. The fraction of sp³-hybridized carbons (Fsp3) is 0.938. The number of rotatable bonds is 5. The third kappa shape index (κ3) is 3.53. The molecule has 3 rings (SSSR count). The molecule has 1 amide bonds. The summed E-state index contributed by atoms with van der Waals surface area (Å²) in [4.78, 5) is 12.1. The van der Waals surface area contributed by atoms with E-state index in [0.29, 0.717) is 24.0 Å². The molecule has 0 aromatic carbocycles. The number of hydrogen-bond donors (Lipinski definition) is 3. The molecule has 0 spiro atoms. The molecule has 0 aromatic rings. The number of carbonyl (C=O) groups excluding carboxylic acids is 1. The van der Waals surface area contributed by atoms with Crippen molar-refractivity contribution in [1.82, 2.24) is 16.0 Å². The van der Waals surface area contributed by atoms with Gasteiger partial charge in [0.25, 0.3) is 0 Å². The number of amides is 1. The van der Waals surface area contributed by atoms with Crippen molar-refractivity contribution in [1.29, 1.82) is 0 Å². The Kier molecular flexibility index (Phi) is 4.61. The van der Waals surface area contributed by atoms with E-state index in [0.717, 1.165) is 12.8 Å². The summed E-state index contributed by atoms with van der Waals surface area (Å²) in [6, 6.07) is 1.60. The van der Waals surface area contributed by atoms with Crippen LogP contribution >= 0.6 is 0 Å². The molecule has 4 nitrogen and oxygen atoms in total. The second kappa shape index (κ2) is 6.44. The maximum absolute atomic E-state index is 12.1. The lowest BCUT2D eigenvalue weighted by Gasteiger charge is -2.34. The van der Waals surface area contributed by atoms with Gasteiger partial charge < -0.3 is 16.0 Å². The van der Waals surface area contributed by atoms with Gasteiger partial charge >= 0.3 is 0 Å². The van der Waals surface area contributed by atoms with Crippen molar-refractivity contribution < 1.29 is 4.79 Å². The van der Waals surface area contributed by atoms with Crippen LogP contribution in [0, 0.1) is 5.92 Å². The second-order valence-corrected chi connectivity index (χ2v) is 6.93. The molecule has 4 unspecified atom stereocenters. The van der Waals surface area contributed by atoms with E-state index in [-0.39, 0.29) is 11.9 Å². The summed E-state index contributed by atoms with van der Waals surface area (Å²) >= 11 is 0. The summed E-state index contributed by atoms with van der Waals surface area (Å²) in [6.07, 6.45) is 10.2. The molecule has 0 aromatic heterocycles. The average molecular weight is 279 g/mol. The minimum atomic E-state index is -0.0511. The zero-order chi connectivity index (χ0) is 13.9. The molecule has 114 valence electrons. The lowest BCUT2D eigenvalue weighted by atomic mass is 9.88. The Morgan fingerprint density at radius 2 is 1.95 bits per heavy atom. The molecular formula is C16H29N3O. The van der Waals surface area contributed by atoms with Gasteiger partial charge in [-0.2, -0.15) is 0 Å². The van der Waals surface area contributed by atoms with Gasteiger partial charge in [0.15, 0.2) is 0 Å². The van der Waals surface area contributed by atoms with Crippen molar-refractivity contribution in [3.05, 3.63) is 0 Å². The number of nitrogens with one attached hydrogen (secondary N) is 3. The molecule has 1 heterocycles. The van der Waals surface area contributed by atoms with Gasteiger partial charge in [-0.25, -0.2) is 0 Å². The zero-order valence-corrected chi connectivity index (χ0v) is 12.7. The first kappa shape index (κ1) is 14.3. The molecular weight excluding hydrogens is 250 g/mol. The van der Waals surface area contributed by atoms with E-state index in [9.17, 15) is 4.79 Å². The number of piperidine rings is 1. The van der Waals surface area contributed by atoms with Crippen molar-refractivity contribution in [2.45, 2.75) is 82.5 Å². The Labute approximate surface area is 122 Å². The third-order valence-electron chi connectivity index (χ3n) is 5.22. The van der Waals surface area contributed by atoms with Crippen LogP contribution in [0.25, 0.3) is 0 Å². The molecule has 3 fully saturated rings. The summed E-state index contributed by atoms with van der Waals surface area (Å²) in [5.41, 5.74) is 0. The van der Waals surface area contributed by atoms with E-state index in [1.807, 2.05) is 6.92 Å². The van der Waals surface area contributed by atoms with Crippen LogP contribution in [0.5, 0.6) is 0 Å². The standard InChI is InChI=1S/C16H29N3O/c1-11(16(20)19-12-8-9-12)18-15-7-4-5-13(15)14-6-2-3-10-17-14/h11-15,17-18H,2-10H2,1H3,(H,19,20). The lowest BCUT2D eigenvalue weighted by molar-refractivity contribution is -0.123. The molecule has 2 aliphatic carbocycles. The smallest absolute Gasteiger partial charge is 0.237 e. The first-order valence-electron chi connectivity index (χ1n) is 8.54. The lowest BCUT2D eigenvalue weighted by Crippen LogP contribution is -2.52. The first-order valence-corrected chi connectivity index (χ1v) is 8.54. The minimum Gasteiger partial charge on any atom is -0.352 e. The monoisotopic (exact) mass is 279 g/mol. The highest BCUT2D eigenvalue weighted by atomic mass is 16.2. The van der Waals surface area contributed by atoms with Crippen LogP contribution in [0.3, 0.4) is 0 Å². The molecule has 1 aliphatic heterocycles. The second-order valence-electron chi connectivity index (χ2n) is 6.93. The maximum Gasteiger partial charge on any atom is 0.237 e. The van der Waals surface area contributed by atoms with Gasteiger partial charge in [-0.3, -0.25) is 4.79 Å². The quantitative estimate of drug-likeness (QED) is 0.716.